The maximum Gasteiger partial charge on any atom is 0.161 e. The minimum absolute atomic E-state index is 0.423. The van der Waals surface area contributed by atoms with Crippen LogP contribution in [0.2, 0.25) is 10.0 Å². The van der Waals surface area contributed by atoms with Gasteiger partial charge in [0.25, 0.3) is 0 Å². The Morgan fingerprint density at radius 2 is 1.76 bits per heavy atom. The molecule has 4 nitrogen and oxygen atoms in total. The molecule has 1 aliphatic rings. The van der Waals surface area contributed by atoms with E-state index in [0.29, 0.717) is 27.7 Å². The zero-order chi connectivity index (χ0) is 12.3. The summed E-state index contributed by atoms with van der Waals surface area (Å²) < 4.78 is 0. The van der Waals surface area contributed by atoms with E-state index in [0.717, 1.165) is 12.8 Å². The zero-order valence-corrected chi connectivity index (χ0v) is 11.0. The molecule has 6 heteroatoms. The van der Waals surface area contributed by atoms with Crippen LogP contribution < -0.4 is 16.6 Å². The number of nitrogen functional groups attached to an aromatic ring is 1. The van der Waals surface area contributed by atoms with Crippen molar-refractivity contribution in [3.63, 3.8) is 0 Å². The van der Waals surface area contributed by atoms with Gasteiger partial charge < -0.3 is 10.7 Å². The van der Waals surface area contributed by atoms with E-state index in [9.17, 15) is 0 Å². The van der Waals surface area contributed by atoms with Crippen molar-refractivity contribution in [3.05, 3.63) is 16.1 Å². The van der Waals surface area contributed by atoms with Gasteiger partial charge in [-0.2, -0.15) is 0 Å². The average molecular weight is 275 g/mol. The highest BCUT2D eigenvalue weighted by Crippen LogP contribution is 2.30. The van der Waals surface area contributed by atoms with Crippen molar-refractivity contribution >= 4 is 34.8 Å². The Bertz CT molecular complexity index is 391. The fraction of sp³-hybridized carbons (Fsp3) is 0.545. The van der Waals surface area contributed by atoms with E-state index in [1.807, 2.05) is 0 Å². The quantitative estimate of drug-likeness (QED) is 0.584. The number of rotatable bonds is 3. The van der Waals surface area contributed by atoms with E-state index in [1.165, 1.54) is 19.3 Å². The molecule has 1 aromatic heterocycles. The van der Waals surface area contributed by atoms with Crippen molar-refractivity contribution in [2.45, 2.75) is 38.1 Å². The number of aromatic nitrogens is 1. The predicted molar refractivity (Wildman–Crippen MR) is 72.6 cm³/mol. The van der Waals surface area contributed by atoms with Gasteiger partial charge in [0.15, 0.2) is 5.82 Å². The molecule has 0 amide bonds. The van der Waals surface area contributed by atoms with Crippen molar-refractivity contribution in [2.24, 2.45) is 5.84 Å². The number of hydrogen-bond donors (Lipinski definition) is 3. The first-order valence-electron chi connectivity index (χ1n) is 5.80. The maximum absolute atomic E-state index is 6.10. The van der Waals surface area contributed by atoms with Crippen molar-refractivity contribution < 1.29 is 0 Å². The molecule has 0 aliphatic heterocycles. The minimum atomic E-state index is 0.423. The molecule has 1 fully saturated rings. The van der Waals surface area contributed by atoms with Crippen LogP contribution in [0.3, 0.4) is 0 Å². The fourth-order valence-electron chi connectivity index (χ4n) is 2.11. The molecule has 0 aromatic carbocycles. The second kappa shape index (κ2) is 5.76. The second-order valence-corrected chi connectivity index (χ2v) is 5.09. The number of anilines is 2. The van der Waals surface area contributed by atoms with E-state index >= 15 is 0 Å². The number of pyridine rings is 1. The molecule has 0 radical (unpaired) electrons. The van der Waals surface area contributed by atoms with Crippen molar-refractivity contribution in [1.29, 1.82) is 0 Å². The Kier molecular flexibility index (Phi) is 4.31. The summed E-state index contributed by atoms with van der Waals surface area (Å²) >= 11 is 12.0. The van der Waals surface area contributed by atoms with Gasteiger partial charge in [-0.25, -0.2) is 10.8 Å². The largest absolute Gasteiger partial charge is 0.366 e. The summed E-state index contributed by atoms with van der Waals surface area (Å²) in [4.78, 5) is 4.27. The topological polar surface area (TPSA) is 63.0 Å². The van der Waals surface area contributed by atoms with Crippen LogP contribution in [0.25, 0.3) is 0 Å². The van der Waals surface area contributed by atoms with Crippen LogP contribution in [0.15, 0.2) is 6.07 Å². The van der Waals surface area contributed by atoms with Crippen LogP contribution in [-0.2, 0) is 0 Å². The molecule has 4 N–H and O–H groups in total. The number of nitrogens with zero attached hydrogens (tertiary/aromatic N) is 1. The summed E-state index contributed by atoms with van der Waals surface area (Å²) in [6.07, 6.45) is 6.14. The fourth-order valence-corrected chi connectivity index (χ4v) is 2.58. The Labute approximate surface area is 111 Å². The number of nitrogens with one attached hydrogen (secondary N) is 2. The molecule has 0 spiro atoms. The molecule has 0 atom stereocenters. The Morgan fingerprint density at radius 1 is 1.12 bits per heavy atom. The highest BCUT2D eigenvalue weighted by atomic mass is 35.5. The molecule has 2 rings (SSSR count). The molecular weight excluding hydrogens is 259 g/mol. The van der Waals surface area contributed by atoms with Crippen molar-refractivity contribution in [2.75, 3.05) is 10.7 Å². The van der Waals surface area contributed by atoms with Crippen LogP contribution in [0.4, 0.5) is 11.6 Å². The van der Waals surface area contributed by atoms with Gasteiger partial charge in [0.05, 0.1) is 10.0 Å². The van der Waals surface area contributed by atoms with Crippen LogP contribution in [0.5, 0.6) is 0 Å². The highest BCUT2D eigenvalue weighted by Gasteiger charge is 2.16. The SMILES string of the molecule is NNc1nc(NC2CCCCC2)c(Cl)cc1Cl. The highest BCUT2D eigenvalue weighted by molar-refractivity contribution is 6.37. The molecule has 0 bridgehead atoms. The Balaban J connectivity index is 2.13. The number of nitrogens with two attached hydrogens (primary N) is 1. The first-order chi connectivity index (χ1) is 8.20. The monoisotopic (exact) mass is 274 g/mol. The summed E-state index contributed by atoms with van der Waals surface area (Å²) in [6, 6.07) is 2.09. The third-order valence-corrected chi connectivity index (χ3v) is 3.59. The molecule has 94 valence electrons. The molecule has 1 heterocycles. The lowest BCUT2D eigenvalue weighted by Gasteiger charge is -2.24. The summed E-state index contributed by atoms with van der Waals surface area (Å²) in [5.41, 5.74) is 2.46. The van der Waals surface area contributed by atoms with Gasteiger partial charge in [0, 0.05) is 6.04 Å². The first kappa shape index (κ1) is 12.7. The second-order valence-electron chi connectivity index (χ2n) is 4.27. The average Bonchev–Trinajstić information content (AvgIpc) is 2.34. The lowest BCUT2D eigenvalue weighted by molar-refractivity contribution is 0.462. The van der Waals surface area contributed by atoms with Gasteiger partial charge in [0.2, 0.25) is 0 Å². The van der Waals surface area contributed by atoms with Gasteiger partial charge in [-0.3, -0.25) is 0 Å². The third kappa shape index (κ3) is 3.15. The molecule has 1 aromatic rings. The molecule has 0 unspecified atom stereocenters. The lowest BCUT2D eigenvalue weighted by Crippen LogP contribution is -2.23. The third-order valence-electron chi connectivity index (χ3n) is 3.01. The van der Waals surface area contributed by atoms with Gasteiger partial charge in [-0.05, 0) is 18.9 Å². The number of hydrogen-bond acceptors (Lipinski definition) is 4. The van der Waals surface area contributed by atoms with E-state index < -0.39 is 0 Å². The van der Waals surface area contributed by atoms with Gasteiger partial charge >= 0.3 is 0 Å². The number of hydrazine groups is 1. The molecule has 17 heavy (non-hydrogen) atoms. The van der Waals surface area contributed by atoms with E-state index in [-0.39, 0.29) is 0 Å². The van der Waals surface area contributed by atoms with Crippen molar-refractivity contribution in [3.8, 4) is 0 Å². The van der Waals surface area contributed by atoms with Gasteiger partial charge in [-0.1, -0.05) is 42.5 Å². The number of halogens is 2. The van der Waals surface area contributed by atoms with Crippen LogP contribution in [-0.4, -0.2) is 11.0 Å². The summed E-state index contributed by atoms with van der Waals surface area (Å²) in [7, 11) is 0. The summed E-state index contributed by atoms with van der Waals surface area (Å²) in [5.74, 6) is 6.42. The van der Waals surface area contributed by atoms with E-state index in [4.69, 9.17) is 29.0 Å². The lowest BCUT2D eigenvalue weighted by atomic mass is 9.95. The maximum atomic E-state index is 6.10. The van der Waals surface area contributed by atoms with Crippen LogP contribution in [0, 0.1) is 0 Å². The molecule has 1 aliphatic carbocycles. The van der Waals surface area contributed by atoms with Crippen molar-refractivity contribution in [1.82, 2.24) is 4.98 Å². The standard InChI is InChI=1S/C11H16Cl2N4/c12-8-6-9(13)11(17-14)16-10(8)15-7-4-2-1-3-5-7/h6-7H,1-5,14H2,(H2,15,16,17). The van der Waals surface area contributed by atoms with E-state index in [2.05, 4.69) is 15.7 Å². The van der Waals surface area contributed by atoms with Gasteiger partial charge in [-0.15, -0.1) is 0 Å². The van der Waals surface area contributed by atoms with E-state index in [1.54, 1.807) is 6.07 Å². The summed E-state index contributed by atoms with van der Waals surface area (Å²) in [5, 5.41) is 4.30. The predicted octanol–water partition coefficient (Wildman–Crippen LogP) is 3.42. The first-order valence-corrected chi connectivity index (χ1v) is 6.55. The minimum Gasteiger partial charge on any atom is -0.366 e. The zero-order valence-electron chi connectivity index (χ0n) is 9.47. The normalized spacial score (nSPS) is 16.9. The van der Waals surface area contributed by atoms with Crippen LogP contribution >= 0.6 is 23.2 Å². The molecule has 1 saturated carbocycles. The summed E-state index contributed by atoms with van der Waals surface area (Å²) in [6.45, 7) is 0. The smallest absolute Gasteiger partial charge is 0.161 e. The van der Waals surface area contributed by atoms with Gasteiger partial charge in [0.1, 0.15) is 5.82 Å². The molecule has 0 saturated heterocycles. The Hall–Kier alpha value is -0.710. The van der Waals surface area contributed by atoms with Crippen LogP contribution in [0.1, 0.15) is 32.1 Å². The molecular formula is C11H16Cl2N4. The Morgan fingerprint density at radius 3 is 2.41 bits per heavy atom.